The lowest BCUT2D eigenvalue weighted by Gasteiger charge is -2.04. The van der Waals surface area contributed by atoms with Crippen molar-refractivity contribution in [3.8, 4) is 5.75 Å². The summed E-state index contributed by atoms with van der Waals surface area (Å²) < 4.78 is 0. The summed E-state index contributed by atoms with van der Waals surface area (Å²) in [5.41, 5.74) is -1.51. The van der Waals surface area contributed by atoms with E-state index in [2.05, 4.69) is 0 Å². The number of hydrogen-bond donors (Lipinski definition) is 1. The Bertz CT molecular complexity index is 725. The first-order chi connectivity index (χ1) is 10.0. The molecule has 0 atom stereocenters. The lowest BCUT2D eigenvalue weighted by atomic mass is 10.0. The smallest absolute Gasteiger partial charge is 0.357 e. The summed E-state index contributed by atoms with van der Waals surface area (Å²) in [6.07, 6.45) is 0. The highest BCUT2D eigenvalue weighted by Crippen LogP contribution is 2.32. The quantitative estimate of drug-likeness (QED) is 0.528. The number of hydrogen-bond acceptors (Lipinski definition) is 5. The average molecular weight is 286 g/mol. The molecule has 0 radical (unpaired) electrons. The van der Waals surface area contributed by atoms with Gasteiger partial charge in [0.15, 0.2) is 0 Å². The molecule has 2 aromatic carbocycles. The van der Waals surface area contributed by atoms with Crippen molar-refractivity contribution in [1.82, 2.24) is 0 Å². The molecular formula is C14H10N2O5. The molecule has 0 heterocycles. The van der Waals surface area contributed by atoms with Crippen molar-refractivity contribution < 1.29 is 15.0 Å². The van der Waals surface area contributed by atoms with Gasteiger partial charge in [-0.2, -0.15) is 0 Å². The van der Waals surface area contributed by atoms with Crippen molar-refractivity contribution in [2.75, 3.05) is 0 Å². The molecule has 0 unspecified atom stereocenters. The van der Waals surface area contributed by atoms with Crippen molar-refractivity contribution in [3.05, 3.63) is 86.0 Å². The first kappa shape index (κ1) is 14.2. The second-order valence-electron chi connectivity index (χ2n) is 4.09. The lowest BCUT2D eigenvalue weighted by molar-refractivity contribution is -0.406. The van der Waals surface area contributed by atoms with Crippen LogP contribution in [-0.4, -0.2) is 15.0 Å². The molecule has 0 bridgehead atoms. The molecule has 2 aromatic rings. The van der Waals surface area contributed by atoms with Crippen molar-refractivity contribution in [2.45, 2.75) is 0 Å². The number of phenols is 1. The Morgan fingerprint density at radius 1 is 0.810 bits per heavy atom. The summed E-state index contributed by atoms with van der Waals surface area (Å²) in [6, 6.07) is 13.0. The zero-order chi connectivity index (χ0) is 15.4. The SMILES string of the molecule is O=[N+]([O-])C(=C(c1ccccc1O)[N+](=O)[O-])c1ccccc1. The van der Waals surface area contributed by atoms with E-state index in [-0.39, 0.29) is 16.9 Å². The number of nitrogens with zero attached hydrogens (tertiary/aromatic N) is 2. The van der Waals surface area contributed by atoms with E-state index in [1.54, 1.807) is 18.2 Å². The highest BCUT2D eigenvalue weighted by molar-refractivity contribution is 5.84. The topological polar surface area (TPSA) is 107 Å². The molecular weight excluding hydrogens is 276 g/mol. The van der Waals surface area contributed by atoms with Crippen LogP contribution in [0.2, 0.25) is 0 Å². The fourth-order valence-corrected chi connectivity index (χ4v) is 1.91. The maximum absolute atomic E-state index is 11.3. The third kappa shape index (κ3) is 2.86. The Hall–Kier alpha value is -3.22. The normalized spacial score (nSPS) is 11.6. The maximum Gasteiger partial charge on any atom is 0.357 e. The van der Waals surface area contributed by atoms with E-state index >= 15 is 0 Å². The van der Waals surface area contributed by atoms with Gasteiger partial charge in [-0.15, -0.1) is 0 Å². The van der Waals surface area contributed by atoms with Gasteiger partial charge in [-0.25, -0.2) is 0 Å². The minimum atomic E-state index is -0.861. The van der Waals surface area contributed by atoms with Crippen LogP contribution < -0.4 is 0 Å². The van der Waals surface area contributed by atoms with E-state index in [1.165, 1.54) is 36.4 Å². The van der Waals surface area contributed by atoms with Gasteiger partial charge in [0.2, 0.25) is 0 Å². The first-order valence-electron chi connectivity index (χ1n) is 5.89. The zero-order valence-corrected chi connectivity index (χ0v) is 10.7. The molecule has 7 heteroatoms. The van der Waals surface area contributed by atoms with Crippen LogP contribution in [0.4, 0.5) is 0 Å². The standard InChI is InChI=1S/C14H10N2O5/c17-12-9-5-4-8-11(12)14(16(20)21)13(15(18)19)10-6-2-1-3-7-10/h1-9,17H. The molecule has 0 amide bonds. The minimum Gasteiger partial charge on any atom is -0.507 e. The van der Waals surface area contributed by atoms with E-state index in [9.17, 15) is 25.3 Å². The van der Waals surface area contributed by atoms with Gasteiger partial charge in [0.25, 0.3) is 0 Å². The summed E-state index contributed by atoms with van der Waals surface area (Å²) in [6.45, 7) is 0. The van der Waals surface area contributed by atoms with Gasteiger partial charge in [0.1, 0.15) is 11.3 Å². The second kappa shape index (κ2) is 5.83. The monoisotopic (exact) mass is 286 g/mol. The summed E-state index contributed by atoms with van der Waals surface area (Å²) in [5, 5.41) is 32.3. The molecule has 0 saturated carbocycles. The summed E-state index contributed by atoms with van der Waals surface area (Å²) >= 11 is 0. The van der Waals surface area contributed by atoms with Gasteiger partial charge >= 0.3 is 11.4 Å². The third-order valence-electron chi connectivity index (χ3n) is 2.80. The van der Waals surface area contributed by atoms with E-state index in [0.717, 1.165) is 0 Å². The molecule has 0 aliphatic heterocycles. The van der Waals surface area contributed by atoms with Crippen LogP contribution in [0.5, 0.6) is 5.75 Å². The highest BCUT2D eigenvalue weighted by Gasteiger charge is 2.33. The summed E-state index contributed by atoms with van der Waals surface area (Å²) in [7, 11) is 0. The molecule has 106 valence electrons. The number of rotatable bonds is 4. The van der Waals surface area contributed by atoms with Gasteiger partial charge < -0.3 is 5.11 Å². The minimum absolute atomic E-state index is 0.0949. The van der Waals surface area contributed by atoms with Crippen molar-refractivity contribution in [2.24, 2.45) is 0 Å². The molecule has 0 aliphatic rings. The molecule has 21 heavy (non-hydrogen) atoms. The summed E-state index contributed by atoms with van der Waals surface area (Å²) in [4.78, 5) is 20.9. The predicted octanol–water partition coefficient (Wildman–Crippen LogP) is 2.77. The Morgan fingerprint density at radius 2 is 1.33 bits per heavy atom. The number of nitro groups is 2. The fraction of sp³-hybridized carbons (Fsp3) is 0. The Balaban J connectivity index is 2.81. The predicted molar refractivity (Wildman–Crippen MR) is 75.4 cm³/mol. The fourth-order valence-electron chi connectivity index (χ4n) is 1.91. The lowest BCUT2D eigenvalue weighted by Crippen LogP contribution is -2.08. The van der Waals surface area contributed by atoms with Gasteiger partial charge in [0.05, 0.1) is 15.4 Å². The maximum atomic E-state index is 11.3. The van der Waals surface area contributed by atoms with Gasteiger partial charge in [-0.1, -0.05) is 30.3 Å². The van der Waals surface area contributed by atoms with E-state index in [1.807, 2.05) is 0 Å². The first-order valence-corrected chi connectivity index (χ1v) is 5.89. The summed E-state index contributed by atoms with van der Waals surface area (Å²) in [5.74, 6) is -0.389. The van der Waals surface area contributed by atoms with Gasteiger partial charge in [0, 0.05) is 0 Å². The van der Waals surface area contributed by atoms with Crippen LogP contribution in [0.3, 0.4) is 0 Å². The number of para-hydroxylation sites is 1. The molecule has 7 nitrogen and oxygen atoms in total. The van der Waals surface area contributed by atoms with E-state index < -0.39 is 21.2 Å². The molecule has 0 saturated heterocycles. The Labute approximate surface area is 119 Å². The van der Waals surface area contributed by atoms with Crippen molar-refractivity contribution in [1.29, 1.82) is 0 Å². The Morgan fingerprint density at radius 3 is 1.86 bits per heavy atom. The van der Waals surface area contributed by atoms with E-state index in [0.29, 0.717) is 0 Å². The number of benzene rings is 2. The molecule has 2 rings (SSSR count). The van der Waals surface area contributed by atoms with Crippen LogP contribution in [0.25, 0.3) is 11.4 Å². The molecule has 0 fully saturated rings. The van der Waals surface area contributed by atoms with Crippen molar-refractivity contribution >= 4 is 11.4 Å². The van der Waals surface area contributed by atoms with Crippen LogP contribution in [0.15, 0.2) is 54.6 Å². The number of phenolic OH excluding ortho intramolecular Hbond substituents is 1. The van der Waals surface area contributed by atoms with Gasteiger partial charge in [-0.3, -0.25) is 20.2 Å². The van der Waals surface area contributed by atoms with Crippen LogP contribution in [0.1, 0.15) is 11.1 Å². The molecule has 1 N–H and O–H groups in total. The van der Waals surface area contributed by atoms with Crippen LogP contribution >= 0.6 is 0 Å². The van der Waals surface area contributed by atoms with E-state index in [4.69, 9.17) is 0 Å². The molecule has 0 aliphatic carbocycles. The second-order valence-corrected chi connectivity index (χ2v) is 4.09. The number of aromatic hydroxyl groups is 1. The third-order valence-corrected chi connectivity index (χ3v) is 2.80. The molecule has 0 spiro atoms. The zero-order valence-electron chi connectivity index (χ0n) is 10.7. The Kier molecular flexibility index (Phi) is 3.94. The van der Waals surface area contributed by atoms with Crippen LogP contribution in [0, 0.1) is 20.2 Å². The van der Waals surface area contributed by atoms with Crippen LogP contribution in [-0.2, 0) is 0 Å². The highest BCUT2D eigenvalue weighted by atomic mass is 16.6. The van der Waals surface area contributed by atoms with Gasteiger partial charge in [-0.05, 0) is 24.3 Å². The molecule has 0 aromatic heterocycles. The largest absolute Gasteiger partial charge is 0.507 e. The van der Waals surface area contributed by atoms with Crippen molar-refractivity contribution in [3.63, 3.8) is 0 Å². The average Bonchev–Trinajstić information content (AvgIpc) is 2.46.